The molecule has 1 aliphatic carbocycles. The topological polar surface area (TPSA) is 60.5 Å². The first-order chi connectivity index (χ1) is 11.8. The molecule has 1 amide bonds. The maximum absolute atomic E-state index is 11.9. The lowest BCUT2D eigenvalue weighted by molar-refractivity contribution is -0.124. The smallest absolute Gasteiger partial charge is 0.258 e. The quantitative estimate of drug-likeness (QED) is 0.879. The number of ether oxygens (including phenoxy) is 2. The average Bonchev–Trinajstić information content (AvgIpc) is 2.63. The van der Waals surface area contributed by atoms with Crippen molar-refractivity contribution in [3.05, 3.63) is 48.7 Å². The van der Waals surface area contributed by atoms with Crippen molar-refractivity contribution in [1.82, 2.24) is 10.3 Å². The number of rotatable bonds is 6. The van der Waals surface area contributed by atoms with Gasteiger partial charge in [0.05, 0.1) is 0 Å². The van der Waals surface area contributed by atoms with Gasteiger partial charge < -0.3 is 14.8 Å². The molecule has 5 heteroatoms. The maximum atomic E-state index is 11.9. The van der Waals surface area contributed by atoms with Crippen LogP contribution in [0.1, 0.15) is 32.1 Å². The molecule has 24 heavy (non-hydrogen) atoms. The summed E-state index contributed by atoms with van der Waals surface area (Å²) in [5.41, 5.74) is 0. The Morgan fingerprint density at radius 2 is 1.79 bits per heavy atom. The number of benzene rings is 1. The Hall–Kier alpha value is -2.56. The third-order valence-electron chi connectivity index (χ3n) is 4.02. The predicted molar refractivity (Wildman–Crippen MR) is 91.3 cm³/mol. The van der Waals surface area contributed by atoms with Gasteiger partial charge in [-0.1, -0.05) is 25.3 Å². The third-order valence-corrected chi connectivity index (χ3v) is 4.02. The van der Waals surface area contributed by atoms with Crippen LogP contribution in [-0.2, 0) is 4.79 Å². The van der Waals surface area contributed by atoms with Crippen molar-refractivity contribution in [2.75, 3.05) is 6.61 Å². The summed E-state index contributed by atoms with van der Waals surface area (Å²) in [5.74, 6) is 1.80. The first-order valence-electron chi connectivity index (χ1n) is 8.41. The van der Waals surface area contributed by atoms with Crippen LogP contribution in [0.5, 0.6) is 17.4 Å². The monoisotopic (exact) mass is 326 g/mol. The fourth-order valence-electron chi connectivity index (χ4n) is 2.80. The summed E-state index contributed by atoms with van der Waals surface area (Å²) in [4.78, 5) is 16.0. The minimum Gasteiger partial charge on any atom is -0.484 e. The van der Waals surface area contributed by atoms with Gasteiger partial charge in [0.25, 0.3) is 5.91 Å². The summed E-state index contributed by atoms with van der Waals surface area (Å²) in [6.07, 6.45) is 7.50. The number of pyridine rings is 1. The summed E-state index contributed by atoms with van der Waals surface area (Å²) >= 11 is 0. The second-order valence-electron chi connectivity index (χ2n) is 5.93. The van der Waals surface area contributed by atoms with E-state index >= 15 is 0 Å². The van der Waals surface area contributed by atoms with Crippen molar-refractivity contribution in [3.8, 4) is 17.4 Å². The predicted octanol–water partition coefficient (Wildman–Crippen LogP) is 3.70. The molecule has 2 aromatic rings. The van der Waals surface area contributed by atoms with Crippen LogP contribution in [0, 0.1) is 0 Å². The van der Waals surface area contributed by atoms with E-state index in [1.54, 1.807) is 36.5 Å². The lowest BCUT2D eigenvalue weighted by atomic mass is 9.95. The Labute approximate surface area is 142 Å². The number of carbonyl (C=O) groups is 1. The van der Waals surface area contributed by atoms with E-state index in [4.69, 9.17) is 9.47 Å². The third kappa shape index (κ3) is 4.98. The van der Waals surface area contributed by atoms with Crippen LogP contribution < -0.4 is 14.8 Å². The van der Waals surface area contributed by atoms with Crippen LogP contribution in [-0.4, -0.2) is 23.5 Å². The van der Waals surface area contributed by atoms with Crippen molar-refractivity contribution >= 4 is 5.91 Å². The number of carbonyl (C=O) groups excluding carboxylic acids is 1. The molecule has 1 aliphatic rings. The van der Waals surface area contributed by atoms with Crippen LogP contribution in [0.3, 0.4) is 0 Å². The molecule has 3 rings (SSSR count). The summed E-state index contributed by atoms with van der Waals surface area (Å²) in [6.45, 7) is 0.0386. The SMILES string of the molecule is O=C(COc1ccc(Oc2ccccn2)cc1)NC1CCCCC1. The maximum Gasteiger partial charge on any atom is 0.258 e. The molecule has 0 aliphatic heterocycles. The summed E-state index contributed by atoms with van der Waals surface area (Å²) in [7, 11) is 0. The van der Waals surface area contributed by atoms with Crippen molar-refractivity contribution in [2.24, 2.45) is 0 Å². The number of nitrogens with zero attached hydrogens (tertiary/aromatic N) is 1. The van der Waals surface area contributed by atoms with Gasteiger partial charge in [0, 0.05) is 18.3 Å². The van der Waals surface area contributed by atoms with Crippen molar-refractivity contribution in [2.45, 2.75) is 38.1 Å². The van der Waals surface area contributed by atoms with Crippen LogP contribution in [0.25, 0.3) is 0 Å². The minimum absolute atomic E-state index is 0.0386. The van der Waals surface area contributed by atoms with Gasteiger partial charge in [-0.3, -0.25) is 4.79 Å². The Bertz CT molecular complexity index is 637. The molecule has 1 saturated carbocycles. The number of amides is 1. The first kappa shape index (κ1) is 16.3. The summed E-state index contributed by atoms with van der Waals surface area (Å²) in [5, 5.41) is 3.04. The number of hydrogen-bond donors (Lipinski definition) is 1. The molecule has 0 bridgehead atoms. The second-order valence-corrected chi connectivity index (χ2v) is 5.93. The lowest BCUT2D eigenvalue weighted by Gasteiger charge is -2.22. The molecule has 0 radical (unpaired) electrons. The molecule has 126 valence electrons. The van der Waals surface area contributed by atoms with Gasteiger partial charge in [0.1, 0.15) is 11.5 Å². The van der Waals surface area contributed by atoms with E-state index < -0.39 is 0 Å². The Morgan fingerprint density at radius 1 is 1.04 bits per heavy atom. The standard InChI is InChI=1S/C19H22N2O3/c22-18(21-15-6-2-1-3-7-15)14-23-16-9-11-17(12-10-16)24-19-8-4-5-13-20-19/h4-5,8-13,15H,1-3,6-7,14H2,(H,21,22). The minimum atomic E-state index is -0.0595. The van der Waals surface area contributed by atoms with Crippen LogP contribution in [0.15, 0.2) is 48.7 Å². The number of hydrogen-bond acceptors (Lipinski definition) is 4. The fourth-order valence-corrected chi connectivity index (χ4v) is 2.80. The second kappa shape index (κ2) is 8.34. The largest absolute Gasteiger partial charge is 0.484 e. The molecule has 1 N–H and O–H groups in total. The Kier molecular flexibility index (Phi) is 5.66. The molecule has 1 aromatic heterocycles. The normalized spacial score (nSPS) is 14.8. The van der Waals surface area contributed by atoms with Crippen molar-refractivity contribution in [3.63, 3.8) is 0 Å². The highest BCUT2D eigenvalue weighted by Crippen LogP contribution is 2.22. The average molecular weight is 326 g/mol. The van der Waals surface area contributed by atoms with E-state index in [1.165, 1.54) is 19.3 Å². The van der Waals surface area contributed by atoms with E-state index in [0.717, 1.165) is 12.8 Å². The van der Waals surface area contributed by atoms with Crippen LogP contribution in [0.4, 0.5) is 0 Å². The van der Waals surface area contributed by atoms with Crippen LogP contribution in [0.2, 0.25) is 0 Å². The molecule has 1 heterocycles. The number of nitrogens with one attached hydrogen (secondary N) is 1. The van der Waals surface area contributed by atoms with Crippen molar-refractivity contribution < 1.29 is 14.3 Å². The zero-order valence-electron chi connectivity index (χ0n) is 13.6. The summed E-state index contributed by atoms with van der Waals surface area (Å²) < 4.78 is 11.1. The highest BCUT2D eigenvalue weighted by Gasteiger charge is 2.15. The number of aromatic nitrogens is 1. The van der Waals surface area contributed by atoms with E-state index in [1.807, 2.05) is 12.1 Å². The zero-order valence-corrected chi connectivity index (χ0v) is 13.6. The molecule has 5 nitrogen and oxygen atoms in total. The molecule has 0 atom stereocenters. The zero-order chi connectivity index (χ0) is 16.6. The molecular formula is C19H22N2O3. The van der Waals surface area contributed by atoms with Gasteiger partial charge >= 0.3 is 0 Å². The van der Waals surface area contributed by atoms with Gasteiger partial charge in [-0.25, -0.2) is 4.98 Å². The van der Waals surface area contributed by atoms with E-state index in [9.17, 15) is 4.79 Å². The first-order valence-corrected chi connectivity index (χ1v) is 8.41. The van der Waals surface area contributed by atoms with Gasteiger partial charge in [0.15, 0.2) is 6.61 Å². The van der Waals surface area contributed by atoms with E-state index in [0.29, 0.717) is 23.4 Å². The molecular weight excluding hydrogens is 304 g/mol. The molecule has 1 aromatic carbocycles. The van der Waals surface area contributed by atoms with E-state index in [-0.39, 0.29) is 12.5 Å². The fraction of sp³-hybridized carbons (Fsp3) is 0.368. The molecule has 0 saturated heterocycles. The Morgan fingerprint density at radius 3 is 2.50 bits per heavy atom. The molecule has 0 unspecified atom stereocenters. The van der Waals surface area contributed by atoms with Gasteiger partial charge in [-0.15, -0.1) is 0 Å². The van der Waals surface area contributed by atoms with Gasteiger partial charge in [0.2, 0.25) is 5.88 Å². The van der Waals surface area contributed by atoms with Gasteiger partial charge in [-0.05, 0) is 43.2 Å². The highest BCUT2D eigenvalue weighted by molar-refractivity contribution is 5.77. The Balaban J connectivity index is 1.44. The summed E-state index contributed by atoms with van der Waals surface area (Å²) in [6, 6.07) is 13.0. The lowest BCUT2D eigenvalue weighted by Crippen LogP contribution is -2.38. The van der Waals surface area contributed by atoms with E-state index in [2.05, 4.69) is 10.3 Å². The molecule has 0 spiro atoms. The van der Waals surface area contributed by atoms with Crippen LogP contribution >= 0.6 is 0 Å². The van der Waals surface area contributed by atoms with Crippen molar-refractivity contribution in [1.29, 1.82) is 0 Å². The highest BCUT2D eigenvalue weighted by atomic mass is 16.5. The molecule has 1 fully saturated rings. The van der Waals surface area contributed by atoms with Gasteiger partial charge in [-0.2, -0.15) is 0 Å².